The quantitative estimate of drug-likeness (QED) is 0.161. The third-order valence-electron chi connectivity index (χ3n) is 12.4. The van der Waals surface area contributed by atoms with Gasteiger partial charge in [-0.05, 0) is 61.7 Å². The van der Waals surface area contributed by atoms with Gasteiger partial charge in [-0.25, -0.2) is 15.0 Å². The number of rotatable bonds is 7. The Labute approximate surface area is 365 Å². The molecule has 62 heavy (non-hydrogen) atoms. The van der Waals surface area contributed by atoms with E-state index in [4.69, 9.17) is 16.3 Å². The molecule has 0 spiro atoms. The summed E-state index contributed by atoms with van der Waals surface area (Å²) in [4.78, 5) is 15.9. The molecule has 290 valence electrons. The van der Waals surface area contributed by atoms with Crippen molar-refractivity contribution in [2.75, 3.05) is 0 Å². The average Bonchev–Trinajstić information content (AvgIpc) is 3.89. The Morgan fingerprint density at radius 3 is 1.56 bits per heavy atom. The summed E-state index contributed by atoms with van der Waals surface area (Å²) < 4.78 is 10.5. The molecule has 1 aliphatic rings. The predicted molar refractivity (Wildman–Crippen MR) is 257 cm³/mol. The summed E-state index contributed by atoms with van der Waals surface area (Å²) in [7, 11) is 0. The summed E-state index contributed by atoms with van der Waals surface area (Å²) in [5.74, 6) is 1.83. The number of fused-ring (bicyclic) bond motifs is 6. The van der Waals surface area contributed by atoms with Crippen LogP contribution in [0.1, 0.15) is 23.6 Å². The lowest BCUT2D eigenvalue weighted by molar-refractivity contribution is 0.768. The van der Waals surface area contributed by atoms with E-state index in [1.54, 1.807) is 0 Å². The zero-order valence-electron chi connectivity index (χ0n) is 34.5. The number of benzene rings is 9. The molecule has 1 aliphatic carbocycles. The van der Waals surface area contributed by atoms with Crippen molar-refractivity contribution in [3.05, 3.63) is 247 Å². The molecule has 0 aliphatic heterocycles. The standard InChI is InChI=1S/C58H37N3S/c1-4-16-38(17-5-1)39-30-34-41(35-31-39)55-59-56(42-36-32-40(33-37-42)45-24-14-25-47-46-22-11-13-29-52(46)62-54(45)47)61-57(60-55)49-26-15-28-51-53(49)48-23-10-12-27-50(48)58(51,43-18-6-2-7-19-43)44-20-8-3-9-21-44/h1-37H/i1D. The van der Waals surface area contributed by atoms with Crippen LogP contribution >= 0.6 is 11.3 Å². The third kappa shape index (κ3) is 5.76. The molecule has 0 radical (unpaired) electrons. The molecular weight excluding hydrogens is 771 g/mol. The van der Waals surface area contributed by atoms with Gasteiger partial charge in [0.05, 0.1) is 6.79 Å². The Morgan fingerprint density at radius 2 is 0.855 bits per heavy atom. The zero-order chi connectivity index (χ0) is 41.9. The molecule has 2 aromatic heterocycles. The molecule has 4 heteroatoms. The molecule has 0 amide bonds. The van der Waals surface area contributed by atoms with E-state index in [1.807, 2.05) is 35.6 Å². The fraction of sp³-hybridized carbons (Fsp3) is 0.0172. The molecule has 11 aromatic rings. The predicted octanol–water partition coefficient (Wildman–Crippen LogP) is 14.9. The van der Waals surface area contributed by atoms with Crippen molar-refractivity contribution in [1.29, 1.82) is 0 Å². The van der Waals surface area contributed by atoms with Crippen LogP contribution in [0.15, 0.2) is 224 Å². The molecule has 0 bridgehead atoms. The second-order valence-corrected chi connectivity index (χ2v) is 16.8. The largest absolute Gasteiger partial charge is 0.208 e. The highest BCUT2D eigenvalue weighted by atomic mass is 32.1. The van der Waals surface area contributed by atoms with Gasteiger partial charge in [0.15, 0.2) is 17.5 Å². The first-order valence-electron chi connectivity index (χ1n) is 21.4. The van der Waals surface area contributed by atoms with Crippen LogP contribution < -0.4 is 0 Å². The Balaban J connectivity index is 1.04. The number of aromatic nitrogens is 3. The molecular formula is C58H37N3S. The van der Waals surface area contributed by atoms with Crippen molar-refractivity contribution in [2.24, 2.45) is 0 Å². The van der Waals surface area contributed by atoms with Crippen LogP contribution in [0, 0.1) is 0 Å². The van der Waals surface area contributed by atoms with Crippen molar-refractivity contribution in [1.82, 2.24) is 15.0 Å². The first-order chi connectivity index (χ1) is 31.1. The minimum atomic E-state index is -0.551. The van der Waals surface area contributed by atoms with Crippen LogP contribution in [-0.4, -0.2) is 15.0 Å². The van der Waals surface area contributed by atoms with Crippen molar-refractivity contribution in [3.63, 3.8) is 0 Å². The third-order valence-corrected chi connectivity index (χ3v) is 13.6. The maximum absolute atomic E-state index is 7.96. The molecule has 0 fully saturated rings. The van der Waals surface area contributed by atoms with Crippen molar-refractivity contribution >= 4 is 31.5 Å². The summed E-state index contributed by atoms with van der Waals surface area (Å²) in [5, 5.41) is 2.57. The minimum absolute atomic E-state index is 0.491. The van der Waals surface area contributed by atoms with Gasteiger partial charge in [0, 0.05) is 36.9 Å². The van der Waals surface area contributed by atoms with Crippen molar-refractivity contribution < 1.29 is 1.37 Å². The van der Waals surface area contributed by atoms with Gasteiger partial charge in [-0.2, -0.15) is 0 Å². The molecule has 0 saturated carbocycles. The summed E-state index contributed by atoms with van der Waals surface area (Å²) in [6, 6.07) is 77.6. The van der Waals surface area contributed by atoms with E-state index in [0.29, 0.717) is 23.5 Å². The van der Waals surface area contributed by atoms with Gasteiger partial charge in [-0.15, -0.1) is 11.3 Å². The number of thiophene rings is 1. The van der Waals surface area contributed by atoms with Crippen LogP contribution in [0.5, 0.6) is 0 Å². The van der Waals surface area contributed by atoms with Crippen molar-refractivity contribution in [3.8, 4) is 67.5 Å². The Morgan fingerprint density at radius 1 is 0.355 bits per heavy atom. The van der Waals surface area contributed by atoms with Gasteiger partial charge in [-0.3, -0.25) is 0 Å². The summed E-state index contributed by atoms with van der Waals surface area (Å²) in [6.07, 6.45) is 0. The molecule has 0 unspecified atom stereocenters. The van der Waals surface area contributed by atoms with Gasteiger partial charge in [0.2, 0.25) is 0 Å². The van der Waals surface area contributed by atoms with Crippen LogP contribution in [-0.2, 0) is 5.41 Å². The molecule has 3 nitrogen and oxygen atoms in total. The number of nitrogens with zero attached hydrogens (tertiary/aromatic N) is 3. The highest BCUT2D eigenvalue weighted by Gasteiger charge is 2.47. The smallest absolute Gasteiger partial charge is 0.164 e. The topological polar surface area (TPSA) is 38.7 Å². The van der Waals surface area contributed by atoms with E-state index in [9.17, 15) is 0 Å². The molecule has 9 aromatic carbocycles. The van der Waals surface area contributed by atoms with Gasteiger partial charge < -0.3 is 0 Å². The second-order valence-electron chi connectivity index (χ2n) is 15.8. The van der Waals surface area contributed by atoms with Gasteiger partial charge in [0.25, 0.3) is 0 Å². The van der Waals surface area contributed by atoms with Crippen LogP contribution in [0.25, 0.3) is 87.7 Å². The molecule has 0 N–H and O–H groups in total. The van der Waals surface area contributed by atoms with Crippen LogP contribution in [0.4, 0.5) is 0 Å². The summed E-state index contributed by atoms with van der Waals surface area (Å²) in [6.45, 7) is 0. The normalized spacial score (nSPS) is 12.9. The SMILES string of the molecule is [2H]c1ccc(-c2ccc(-c3nc(-c4ccc(-c5cccc6c5sc5ccccc56)cc4)nc(-c4cccc5c4-c4ccccc4C5(c4ccccc4)c4ccccc4)n3)cc2)cc1. The van der Waals surface area contributed by atoms with E-state index < -0.39 is 5.41 Å². The highest BCUT2D eigenvalue weighted by Crippen LogP contribution is 2.58. The minimum Gasteiger partial charge on any atom is -0.208 e. The van der Waals surface area contributed by atoms with Gasteiger partial charge in [-0.1, -0.05) is 218 Å². The lowest BCUT2D eigenvalue weighted by Crippen LogP contribution is -2.28. The molecule has 12 rings (SSSR count). The lowest BCUT2D eigenvalue weighted by atomic mass is 9.67. The van der Waals surface area contributed by atoms with E-state index >= 15 is 0 Å². The fourth-order valence-electron chi connectivity index (χ4n) is 9.60. The van der Waals surface area contributed by atoms with E-state index in [1.165, 1.54) is 53.6 Å². The Kier molecular flexibility index (Phi) is 8.32. The molecule has 0 atom stereocenters. The summed E-state index contributed by atoms with van der Waals surface area (Å²) in [5.41, 5.74) is 13.8. The number of hydrogen-bond donors (Lipinski definition) is 0. The average molecular weight is 809 g/mol. The van der Waals surface area contributed by atoms with E-state index in [2.05, 4.69) is 194 Å². The maximum atomic E-state index is 7.96. The first-order valence-corrected chi connectivity index (χ1v) is 21.7. The molecule has 0 saturated heterocycles. The Bertz CT molecular complexity index is 3450. The van der Waals surface area contributed by atoms with Gasteiger partial charge in [0.1, 0.15) is 0 Å². The van der Waals surface area contributed by atoms with Crippen LogP contribution in [0.3, 0.4) is 0 Å². The van der Waals surface area contributed by atoms with E-state index in [0.717, 1.165) is 38.9 Å². The van der Waals surface area contributed by atoms with Crippen molar-refractivity contribution in [2.45, 2.75) is 5.41 Å². The van der Waals surface area contributed by atoms with Gasteiger partial charge >= 0.3 is 0 Å². The maximum Gasteiger partial charge on any atom is 0.164 e. The fourth-order valence-corrected chi connectivity index (χ4v) is 10.8. The molecule has 2 heterocycles. The number of hydrogen-bond acceptors (Lipinski definition) is 4. The summed E-state index contributed by atoms with van der Waals surface area (Å²) >= 11 is 1.84. The zero-order valence-corrected chi connectivity index (χ0v) is 34.4. The lowest BCUT2D eigenvalue weighted by Gasteiger charge is -2.33. The van der Waals surface area contributed by atoms with Crippen LogP contribution in [0.2, 0.25) is 0 Å². The Hall–Kier alpha value is -7.79. The first kappa shape index (κ1) is 35.0. The monoisotopic (exact) mass is 808 g/mol. The highest BCUT2D eigenvalue weighted by molar-refractivity contribution is 7.26. The van der Waals surface area contributed by atoms with E-state index in [-0.39, 0.29) is 0 Å². The second kappa shape index (κ2) is 14.7.